The second kappa shape index (κ2) is 5.65. The molecule has 0 aliphatic rings. The van der Waals surface area contributed by atoms with E-state index in [4.69, 9.17) is 0 Å². The van der Waals surface area contributed by atoms with Crippen molar-refractivity contribution in [2.75, 3.05) is 0 Å². The molecule has 0 fully saturated rings. The number of carbonyl (C=O) groups is 1. The maximum atomic E-state index is 9.44. The van der Waals surface area contributed by atoms with Crippen LogP contribution < -0.4 is 0 Å². The van der Waals surface area contributed by atoms with Gasteiger partial charge in [0.05, 0.1) is 6.33 Å². The minimum absolute atomic E-state index is 0.167. The van der Waals surface area contributed by atoms with Crippen molar-refractivity contribution in [1.82, 2.24) is 9.97 Å². The van der Waals surface area contributed by atoms with Crippen LogP contribution in [0.1, 0.15) is 26.5 Å². The molecule has 0 aliphatic carbocycles. The average molecular weight is 154 g/mol. The van der Waals surface area contributed by atoms with E-state index in [-0.39, 0.29) is 5.78 Å². The molecule has 0 saturated heterocycles. The molecule has 0 saturated carbocycles. The zero-order valence-corrected chi connectivity index (χ0v) is 7.22. The van der Waals surface area contributed by atoms with E-state index in [1.54, 1.807) is 6.33 Å². The molecule has 62 valence electrons. The Morgan fingerprint density at radius 2 is 2.18 bits per heavy atom. The molecule has 3 nitrogen and oxygen atoms in total. The molecule has 0 unspecified atom stereocenters. The third-order valence-corrected chi connectivity index (χ3v) is 0.936. The van der Waals surface area contributed by atoms with E-state index in [1.165, 1.54) is 19.5 Å². The maximum Gasteiger partial charge on any atom is 0.126 e. The molecule has 0 radical (unpaired) electrons. The summed E-state index contributed by atoms with van der Waals surface area (Å²) < 4.78 is 0. The Bertz CT molecular complexity index is 188. The average Bonchev–Trinajstić information content (AvgIpc) is 2.36. The van der Waals surface area contributed by atoms with E-state index in [9.17, 15) is 4.79 Å². The number of ketones is 1. The highest BCUT2D eigenvalue weighted by molar-refractivity contribution is 5.72. The predicted octanol–water partition coefficient (Wildman–Crippen LogP) is 1.57. The van der Waals surface area contributed by atoms with Gasteiger partial charge in [0.2, 0.25) is 0 Å². The van der Waals surface area contributed by atoms with E-state index in [1.807, 2.05) is 6.20 Å². The maximum absolute atomic E-state index is 9.44. The van der Waals surface area contributed by atoms with Gasteiger partial charge in [-0.25, -0.2) is 4.98 Å². The summed E-state index contributed by atoms with van der Waals surface area (Å²) in [6.45, 7) is 5.15. The number of aromatic amines is 1. The van der Waals surface area contributed by atoms with Gasteiger partial charge in [-0.15, -0.1) is 0 Å². The number of rotatable bonds is 1. The van der Waals surface area contributed by atoms with Gasteiger partial charge >= 0.3 is 0 Å². The lowest BCUT2D eigenvalue weighted by molar-refractivity contribution is -0.114. The third kappa shape index (κ3) is 6.77. The lowest BCUT2D eigenvalue weighted by Crippen LogP contribution is -1.73. The number of hydrogen-bond acceptors (Lipinski definition) is 2. The second-order valence-corrected chi connectivity index (χ2v) is 2.34. The first-order valence-corrected chi connectivity index (χ1v) is 3.61. The SMILES string of the molecule is CC(C)=O.CCc1cnc[nH]1. The van der Waals surface area contributed by atoms with Gasteiger partial charge in [-0.05, 0) is 20.3 Å². The van der Waals surface area contributed by atoms with Gasteiger partial charge < -0.3 is 9.78 Å². The smallest absolute Gasteiger partial charge is 0.126 e. The quantitative estimate of drug-likeness (QED) is 0.667. The molecule has 0 spiro atoms. The molecule has 11 heavy (non-hydrogen) atoms. The molecule has 1 heterocycles. The standard InChI is InChI=1S/C5H8N2.C3H6O/c1-2-5-3-6-4-7-5;1-3(2)4/h3-4H,2H2,1H3,(H,6,7);1-2H3. The van der Waals surface area contributed by atoms with Crippen LogP contribution in [-0.4, -0.2) is 15.8 Å². The Balaban J connectivity index is 0.000000218. The second-order valence-electron chi connectivity index (χ2n) is 2.34. The van der Waals surface area contributed by atoms with Crippen molar-refractivity contribution >= 4 is 5.78 Å². The Hall–Kier alpha value is -1.12. The Morgan fingerprint density at radius 3 is 2.36 bits per heavy atom. The van der Waals surface area contributed by atoms with E-state index in [0.717, 1.165) is 6.42 Å². The number of nitrogens with one attached hydrogen (secondary N) is 1. The van der Waals surface area contributed by atoms with Crippen LogP contribution in [0.4, 0.5) is 0 Å². The van der Waals surface area contributed by atoms with Gasteiger partial charge in [-0.3, -0.25) is 0 Å². The molecule has 0 aliphatic heterocycles. The largest absolute Gasteiger partial charge is 0.349 e. The minimum Gasteiger partial charge on any atom is -0.349 e. The molecule has 1 aromatic heterocycles. The summed E-state index contributed by atoms with van der Waals surface area (Å²) in [4.78, 5) is 16.3. The molecule has 3 heteroatoms. The lowest BCUT2D eigenvalue weighted by Gasteiger charge is -1.79. The number of imidazole rings is 1. The number of nitrogens with zero attached hydrogens (tertiary/aromatic N) is 1. The first kappa shape index (κ1) is 9.88. The highest BCUT2D eigenvalue weighted by atomic mass is 16.1. The fourth-order valence-corrected chi connectivity index (χ4v) is 0.478. The van der Waals surface area contributed by atoms with Crippen LogP contribution in [0.25, 0.3) is 0 Å². The summed E-state index contributed by atoms with van der Waals surface area (Å²) in [6, 6.07) is 0. The summed E-state index contributed by atoms with van der Waals surface area (Å²) in [5.41, 5.74) is 1.19. The highest BCUT2D eigenvalue weighted by Gasteiger charge is 1.82. The van der Waals surface area contributed by atoms with Crippen LogP contribution in [0, 0.1) is 0 Å². The topological polar surface area (TPSA) is 45.8 Å². The summed E-state index contributed by atoms with van der Waals surface area (Å²) in [5.74, 6) is 0.167. The third-order valence-electron chi connectivity index (χ3n) is 0.936. The van der Waals surface area contributed by atoms with Gasteiger partial charge in [0.1, 0.15) is 5.78 Å². The number of aryl methyl sites for hydroxylation is 1. The predicted molar refractivity (Wildman–Crippen MR) is 44.3 cm³/mol. The van der Waals surface area contributed by atoms with Crippen LogP contribution in [0.5, 0.6) is 0 Å². The summed E-state index contributed by atoms with van der Waals surface area (Å²) >= 11 is 0. The van der Waals surface area contributed by atoms with Crippen molar-refractivity contribution in [3.63, 3.8) is 0 Å². The summed E-state index contributed by atoms with van der Waals surface area (Å²) in [5, 5.41) is 0. The molecular formula is C8H14N2O. The van der Waals surface area contributed by atoms with Crippen LogP contribution in [0.3, 0.4) is 0 Å². The minimum atomic E-state index is 0.167. The molecule has 1 rings (SSSR count). The number of hydrogen-bond donors (Lipinski definition) is 1. The molecule has 1 aromatic rings. The van der Waals surface area contributed by atoms with Crippen molar-refractivity contribution in [1.29, 1.82) is 0 Å². The Kier molecular flexibility index (Phi) is 5.07. The fourth-order valence-electron chi connectivity index (χ4n) is 0.478. The van der Waals surface area contributed by atoms with Crippen LogP contribution in [-0.2, 0) is 11.2 Å². The van der Waals surface area contributed by atoms with Crippen molar-refractivity contribution in [3.8, 4) is 0 Å². The first-order valence-electron chi connectivity index (χ1n) is 3.61. The molecule has 1 N–H and O–H groups in total. The van der Waals surface area contributed by atoms with Gasteiger partial charge in [-0.1, -0.05) is 6.92 Å². The number of H-pyrrole nitrogens is 1. The lowest BCUT2D eigenvalue weighted by atomic mass is 10.4. The van der Waals surface area contributed by atoms with Crippen LogP contribution in [0.15, 0.2) is 12.5 Å². The van der Waals surface area contributed by atoms with Gasteiger partial charge in [0.25, 0.3) is 0 Å². The number of Topliss-reactive ketones (excluding diaryl/α,β-unsaturated/α-hetero) is 1. The zero-order chi connectivity index (χ0) is 8.69. The van der Waals surface area contributed by atoms with E-state index >= 15 is 0 Å². The molecule has 0 bridgehead atoms. The van der Waals surface area contributed by atoms with Crippen molar-refractivity contribution < 1.29 is 4.79 Å². The monoisotopic (exact) mass is 154 g/mol. The molecule has 0 atom stereocenters. The van der Waals surface area contributed by atoms with E-state index in [2.05, 4.69) is 16.9 Å². The van der Waals surface area contributed by atoms with Gasteiger partial charge in [0.15, 0.2) is 0 Å². The van der Waals surface area contributed by atoms with Crippen LogP contribution >= 0.6 is 0 Å². The summed E-state index contributed by atoms with van der Waals surface area (Å²) in [7, 11) is 0. The van der Waals surface area contributed by atoms with E-state index in [0.29, 0.717) is 0 Å². The van der Waals surface area contributed by atoms with Gasteiger partial charge in [0, 0.05) is 11.9 Å². The van der Waals surface area contributed by atoms with E-state index < -0.39 is 0 Å². The molecule has 0 amide bonds. The Labute approximate surface area is 66.9 Å². The molecule has 0 aromatic carbocycles. The van der Waals surface area contributed by atoms with Crippen molar-refractivity contribution in [2.45, 2.75) is 27.2 Å². The highest BCUT2D eigenvalue weighted by Crippen LogP contribution is 1.88. The summed E-state index contributed by atoms with van der Waals surface area (Å²) in [6.07, 6.45) is 4.57. The van der Waals surface area contributed by atoms with Crippen molar-refractivity contribution in [3.05, 3.63) is 18.2 Å². The number of aromatic nitrogens is 2. The fraction of sp³-hybridized carbons (Fsp3) is 0.500. The van der Waals surface area contributed by atoms with Crippen molar-refractivity contribution in [2.24, 2.45) is 0 Å². The van der Waals surface area contributed by atoms with Gasteiger partial charge in [-0.2, -0.15) is 0 Å². The first-order chi connectivity index (χ1) is 5.16. The number of carbonyl (C=O) groups excluding carboxylic acids is 1. The molecular weight excluding hydrogens is 140 g/mol. The normalized spacial score (nSPS) is 8.27. The Morgan fingerprint density at radius 1 is 1.64 bits per heavy atom. The van der Waals surface area contributed by atoms with Crippen LogP contribution in [0.2, 0.25) is 0 Å². The zero-order valence-electron chi connectivity index (χ0n) is 7.22.